The molecule has 0 amide bonds. The number of hydrogen-bond acceptors (Lipinski definition) is 2. The first-order chi connectivity index (χ1) is 8.72. The molecule has 0 bridgehead atoms. The summed E-state index contributed by atoms with van der Waals surface area (Å²) in [6.45, 7) is 4.43. The summed E-state index contributed by atoms with van der Waals surface area (Å²) in [5, 5.41) is 10.00. The Bertz CT molecular complexity index is 518. The molecule has 0 unspecified atom stereocenters. The Morgan fingerprint density at radius 1 is 1.06 bits per heavy atom. The Balaban J connectivity index is 2.13. The van der Waals surface area contributed by atoms with Gasteiger partial charge in [0.05, 0.1) is 0 Å². The van der Waals surface area contributed by atoms with Gasteiger partial charge in [-0.2, -0.15) is 0 Å². The SMILES string of the molecule is CCc1ccc(OCc2ccccc2)c(C)c1O. The normalized spacial score (nSPS) is 10.3. The molecule has 0 heterocycles. The van der Waals surface area contributed by atoms with E-state index in [2.05, 4.69) is 0 Å². The molecule has 2 aromatic rings. The first kappa shape index (κ1) is 12.5. The number of benzene rings is 2. The van der Waals surface area contributed by atoms with Crippen LogP contribution in [0.1, 0.15) is 23.6 Å². The van der Waals surface area contributed by atoms with Crippen molar-refractivity contribution in [2.45, 2.75) is 26.9 Å². The van der Waals surface area contributed by atoms with Gasteiger partial charge in [0.25, 0.3) is 0 Å². The first-order valence-corrected chi connectivity index (χ1v) is 6.20. The molecule has 2 rings (SSSR count). The zero-order valence-electron chi connectivity index (χ0n) is 10.8. The highest BCUT2D eigenvalue weighted by Crippen LogP contribution is 2.31. The van der Waals surface area contributed by atoms with Gasteiger partial charge in [0.15, 0.2) is 0 Å². The molecule has 0 radical (unpaired) electrons. The van der Waals surface area contributed by atoms with Crippen molar-refractivity contribution in [2.24, 2.45) is 0 Å². The van der Waals surface area contributed by atoms with Crippen LogP contribution in [-0.2, 0) is 13.0 Å². The van der Waals surface area contributed by atoms with E-state index in [1.807, 2.05) is 56.3 Å². The van der Waals surface area contributed by atoms with Crippen LogP contribution in [0.3, 0.4) is 0 Å². The quantitative estimate of drug-likeness (QED) is 0.882. The lowest BCUT2D eigenvalue weighted by atomic mass is 10.1. The molecule has 0 aliphatic carbocycles. The van der Waals surface area contributed by atoms with Gasteiger partial charge in [0.2, 0.25) is 0 Å². The minimum atomic E-state index is 0.350. The van der Waals surface area contributed by atoms with E-state index in [4.69, 9.17) is 4.74 Å². The molecule has 0 fully saturated rings. The topological polar surface area (TPSA) is 29.5 Å². The predicted octanol–water partition coefficient (Wildman–Crippen LogP) is 3.84. The summed E-state index contributed by atoms with van der Waals surface area (Å²) >= 11 is 0. The van der Waals surface area contributed by atoms with Crippen molar-refractivity contribution >= 4 is 0 Å². The number of phenols is 1. The van der Waals surface area contributed by atoms with E-state index in [9.17, 15) is 5.11 Å². The average molecular weight is 242 g/mol. The summed E-state index contributed by atoms with van der Waals surface area (Å²) in [5.41, 5.74) is 2.89. The van der Waals surface area contributed by atoms with Crippen LogP contribution < -0.4 is 4.74 Å². The van der Waals surface area contributed by atoms with Gasteiger partial charge in [-0.25, -0.2) is 0 Å². The van der Waals surface area contributed by atoms with Crippen molar-refractivity contribution in [3.63, 3.8) is 0 Å². The van der Waals surface area contributed by atoms with Gasteiger partial charge in [0.1, 0.15) is 18.1 Å². The maximum Gasteiger partial charge on any atom is 0.126 e. The lowest BCUT2D eigenvalue weighted by Gasteiger charge is -2.12. The van der Waals surface area contributed by atoms with E-state index in [1.165, 1.54) is 0 Å². The fourth-order valence-corrected chi connectivity index (χ4v) is 1.91. The van der Waals surface area contributed by atoms with E-state index < -0.39 is 0 Å². The third kappa shape index (κ3) is 2.65. The molecule has 0 saturated heterocycles. The highest BCUT2D eigenvalue weighted by atomic mass is 16.5. The monoisotopic (exact) mass is 242 g/mol. The minimum Gasteiger partial charge on any atom is -0.507 e. The average Bonchev–Trinajstić information content (AvgIpc) is 2.42. The lowest BCUT2D eigenvalue weighted by Crippen LogP contribution is -1.98. The van der Waals surface area contributed by atoms with E-state index in [1.54, 1.807) is 0 Å². The largest absolute Gasteiger partial charge is 0.507 e. The summed E-state index contributed by atoms with van der Waals surface area (Å²) < 4.78 is 5.74. The molecule has 2 heteroatoms. The Kier molecular flexibility index (Phi) is 3.88. The van der Waals surface area contributed by atoms with E-state index in [0.717, 1.165) is 28.9 Å². The summed E-state index contributed by atoms with van der Waals surface area (Å²) in [5.74, 6) is 1.09. The predicted molar refractivity (Wildman–Crippen MR) is 73.0 cm³/mol. The Hall–Kier alpha value is -1.96. The zero-order chi connectivity index (χ0) is 13.0. The molecule has 0 aromatic heterocycles. The van der Waals surface area contributed by atoms with Crippen LogP contribution in [0, 0.1) is 6.92 Å². The molecule has 18 heavy (non-hydrogen) atoms. The van der Waals surface area contributed by atoms with Crippen molar-refractivity contribution in [3.05, 3.63) is 59.2 Å². The number of rotatable bonds is 4. The summed E-state index contributed by atoms with van der Waals surface area (Å²) in [4.78, 5) is 0. The fraction of sp³-hybridized carbons (Fsp3) is 0.250. The van der Waals surface area contributed by atoms with Gasteiger partial charge in [0, 0.05) is 5.56 Å². The second-order valence-corrected chi connectivity index (χ2v) is 4.32. The number of aromatic hydroxyl groups is 1. The van der Waals surface area contributed by atoms with Gasteiger partial charge in [-0.3, -0.25) is 0 Å². The maximum absolute atomic E-state index is 10.00. The highest BCUT2D eigenvalue weighted by Gasteiger charge is 2.08. The molecular formula is C16H18O2. The summed E-state index contributed by atoms with van der Waals surface area (Å²) in [6, 6.07) is 13.9. The van der Waals surface area contributed by atoms with Crippen LogP contribution in [0.4, 0.5) is 0 Å². The fourth-order valence-electron chi connectivity index (χ4n) is 1.91. The van der Waals surface area contributed by atoms with Crippen LogP contribution in [0.5, 0.6) is 11.5 Å². The van der Waals surface area contributed by atoms with Crippen LogP contribution in [-0.4, -0.2) is 5.11 Å². The first-order valence-electron chi connectivity index (χ1n) is 6.20. The van der Waals surface area contributed by atoms with E-state index in [0.29, 0.717) is 12.4 Å². The molecule has 0 spiro atoms. The summed E-state index contributed by atoms with van der Waals surface area (Å²) in [6.07, 6.45) is 0.825. The second kappa shape index (κ2) is 5.58. The van der Waals surface area contributed by atoms with Crippen molar-refractivity contribution in [2.75, 3.05) is 0 Å². The highest BCUT2D eigenvalue weighted by molar-refractivity contribution is 5.48. The summed E-state index contributed by atoms with van der Waals surface area (Å²) in [7, 11) is 0. The maximum atomic E-state index is 10.00. The minimum absolute atomic E-state index is 0.350. The zero-order valence-corrected chi connectivity index (χ0v) is 10.8. The Morgan fingerprint density at radius 2 is 1.78 bits per heavy atom. The lowest BCUT2D eigenvalue weighted by molar-refractivity contribution is 0.301. The van der Waals surface area contributed by atoms with Crippen LogP contribution in [0.25, 0.3) is 0 Å². The number of hydrogen-bond donors (Lipinski definition) is 1. The molecular weight excluding hydrogens is 224 g/mol. The molecule has 0 aliphatic heterocycles. The molecule has 0 saturated carbocycles. The van der Waals surface area contributed by atoms with Gasteiger partial charge in [-0.1, -0.05) is 43.3 Å². The molecule has 0 atom stereocenters. The van der Waals surface area contributed by atoms with E-state index in [-0.39, 0.29) is 0 Å². The van der Waals surface area contributed by atoms with Crippen LogP contribution >= 0.6 is 0 Å². The standard InChI is InChI=1S/C16H18O2/c1-3-14-9-10-15(12(2)16(14)17)18-11-13-7-5-4-6-8-13/h4-10,17H,3,11H2,1-2H3. The van der Waals surface area contributed by atoms with Crippen molar-refractivity contribution in [1.82, 2.24) is 0 Å². The van der Waals surface area contributed by atoms with Crippen LogP contribution in [0.2, 0.25) is 0 Å². The molecule has 0 aliphatic rings. The molecule has 1 N–H and O–H groups in total. The number of phenolic OH excluding ortho intramolecular Hbond substituents is 1. The van der Waals surface area contributed by atoms with Gasteiger partial charge in [-0.15, -0.1) is 0 Å². The Labute approximate surface area is 108 Å². The Morgan fingerprint density at radius 3 is 2.44 bits per heavy atom. The van der Waals surface area contributed by atoms with Crippen molar-refractivity contribution < 1.29 is 9.84 Å². The molecule has 94 valence electrons. The third-order valence-electron chi connectivity index (χ3n) is 3.08. The van der Waals surface area contributed by atoms with Gasteiger partial charge < -0.3 is 9.84 Å². The number of aryl methyl sites for hydroxylation is 1. The van der Waals surface area contributed by atoms with Crippen molar-refractivity contribution in [1.29, 1.82) is 0 Å². The van der Waals surface area contributed by atoms with Crippen molar-refractivity contribution in [3.8, 4) is 11.5 Å². The second-order valence-electron chi connectivity index (χ2n) is 4.32. The number of ether oxygens (including phenoxy) is 1. The van der Waals surface area contributed by atoms with E-state index >= 15 is 0 Å². The third-order valence-corrected chi connectivity index (χ3v) is 3.08. The van der Waals surface area contributed by atoms with Gasteiger partial charge >= 0.3 is 0 Å². The molecule has 2 nitrogen and oxygen atoms in total. The smallest absolute Gasteiger partial charge is 0.126 e. The molecule has 2 aromatic carbocycles. The van der Waals surface area contributed by atoms with Crippen LogP contribution in [0.15, 0.2) is 42.5 Å². The van der Waals surface area contributed by atoms with Gasteiger partial charge in [-0.05, 0) is 30.5 Å².